The molecule has 1 aliphatic carbocycles. The maximum Gasteiger partial charge on any atom is 0.288 e. The maximum atomic E-state index is 12.8. The second kappa shape index (κ2) is 8.66. The van der Waals surface area contributed by atoms with Crippen molar-refractivity contribution in [2.75, 3.05) is 4.90 Å². The van der Waals surface area contributed by atoms with E-state index >= 15 is 0 Å². The Labute approximate surface area is 179 Å². The van der Waals surface area contributed by atoms with Gasteiger partial charge in [0, 0.05) is 16.6 Å². The highest BCUT2D eigenvalue weighted by atomic mass is 35.5. The van der Waals surface area contributed by atoms with Gasteiger partial charge in [0.05, 0.1) is 24.0 Å². The van der Waals surface area contributed by atoms with E-state index in [0.29, 0.717) is 28.8 Å². The van der Waals surface area contributed by atoms with E-state index in [1.165, 1.54) is 0 Å². The number of carbonyl (C=O) groups excluding carboxylic acids is 1. The van der Waals surface area contributed by atoms with Crippen LogP contribution in [0.5, 0.6) is 5.75 Å². The van der Waals surface area contributed by atoms with Gasteiger partial charge >= 0.3 is 0 Å². The van der Waals surface area contributed by atoms with Gasteiger partial charge in [0.15, 0.2) is 5.75 Å². The lowest BCUT2D eigenvalue weighted by atomic mass is 9.92. The highest BCUT2D eigenvalue weighted by Gasteiger charge is 2.29. The average Bonchev–Trinajstić information content (AvgIpc) is 2.71. The molecule has 0 aromatic heterocycles. The van der Waals surface area contributed by atoms with E-state index < -0.39 is 6.10 Å². The molecule has 1 heterocycles. The molecule has 0 spiro atoms. The van der Waals surface area contributed by atoms with Crippen LogP contribution in [0.15, 0.2) is 54.4 Å². The van der Waals surface area contributed by atoms with Crippen LogP contribution in [0, 0.1) is 0 Å². The molecule has 2 aromatic rings. The molecule has 0 radical (unpaired) electrons. The Balaban J connectivity index is 1.58. The number of aliphatic hydroxyl groups excluding tert-OH is 1. The van der Waals surface area contributed by atoms with Crippen molar-refractivity contribution in [3.63, 3.8) is 0 Å². The van der Waals surface area contributed by atoms with Crippen LogP contribution < -0.4 is 15.0 Å². The second-order valence-electron chi connectivity index (χ2n) is 7.36. The molecule has 2 atom stereocenters. The summed E-state index contributed by atoms with van der Waals surface area (Å²) in [5.74, 6) is 0.443. The largest absolute Gasteiger partial charge is 0.448 e. The summed E-state index contributed by atoms with van der Waals surface area (Å²) in [5.41, 5.74) is 1.72. The molecular formula is C22H22Cl2N2O3. The number of ether oxygens (including phenoxy) is 1. The van der Waals surface area contributed by atoms with Crippen molar-refractivity contribution in [1.82, 2.24) is 5.32 Å². The van der Waals surface area contributed by atoms with Gasteiger partial charge in [-0.05, 0) is 42.7 Å². The van der Waals surface area contributed by atoms with Crippen LogP contribution in [0.3, 0.4) is 0 Å². The molecule has 0 bridgehead atoms. The SMILES string of the molecule is O=C(N[C@H]1CCCC[C@@H]1O)C1=CN(Cc2ccc(Cl)cc2Cl)c2ccccc2O1. The van der Waals surface area contributed by atoms with Gasteiger partial charge in [-0.15, -0.1) is 0 Å². The van der Waals surface area contributed by atoms with Crippen LogP contribution in [0.1, 0.15) is 31.2 Å². The number of hydrogen-bond donors (Lipinski definition) is 2. The van der Waals surface area contributed by atoms with Crippen LogP contribution in [0.4, 0.5) is 5.69 Å². The van der Waals surface area contributed by atoms with Crippen LogP contribution in [-0.4, -0.2) is 23.2 Å². The summed E-state index contributed by atoms with van der Waals surface area (Å²) >= 11 is 12.4. The Hall–Kier alpha value is -2.21. The highest BCUT2D eigenvalue weighted by Crippen LogP contribution is 2.36. The smallest absolute Gasteiger partial charge is 0.288 e. The van der Waals surface area contributed by atoms with Crippen LogP contribution >= 0.6 is 23.2 Å². The first kappa shape index (κ1) is 20.1. The van der Waals surface area contributed by atoms with Gasteiger partial charge in [-0.25, -0.2) is 0 Å². The number of aliphatic hydroxyl groups is 1. The van der Waals surface area contributed by atoms with Gasteiger partial charge in [-0.2, -0.15) is 0 Å². The van der Waals surface area contributed by atoms with Crippen molar-refractivity contribution < 1.29 is 14.6 Å². The fraction of sp³-hybridized carbons (Fsp3) is 0.318. The first-order valence-corrected chi connectivity index (χ1v) is 10.4. The number of nitrogens with one attached hydrogen (secondary N) is 1. The predicted molar refractivity (Wildman–Crippen MR) is 114 cm³/mol. The van der Waals surface area contributed by atoms with Crippen molar-refractivity contribution in [2.24, 2.45) is 0 Å². The van der Waals surface area contributed by atoms with E-state index in [1.807, 2.05) is 35.2 Å². The molecule has 1 aliphatic heterocycles. The van der Waals surface area contributed by atoms with Gasteiger partial charge in [0.2, 0.25) is 5.76 Å². The molecule has 5 nitrogen and oxygen atoms in total. The molecule has 4 rings (SSSR count). The monoisotopic (exact) mass is 432 g/mol. The zero-order chi connectivity index (χ0) is 20.4. The lowest BCUT2D eigenvalue weighted by Crippen LogP contribution is -2.46. The molecule has 152 valence electrons. The second-order valence-corrected chi connectivity index (χ2v) is 8.20. The van der Waals surface area contributed by atoms with Crippen LogP contribution in [-0.2, 0) is 11.3 Å². The minimum atomic E-state index is -0.520. The molecule has 1 amide bonds. The van der Waals surface area contributed by atoms with E-state index in [2.05, 4.69) is 5.32 Å². The number of anilines is 1. The summed E-state index contributed by atoms with van der Waals surface area (Å²) in [6, 6.07) is 12.6. The summed E-state index contributed by atoms with van der Waals surface area (Å²) in [5, 5.41) is 14.2. The number of halogens is 2. The lowest BCUT2D eigenvalue weighted by Gasteiger charge is -2.31. The quantitative estimate of drug-likeness (QED) is 0.737. The van der Waals surface area contributed by atoms with E-state index in [0.717, 1.165) is 30.5 Å². The summed E-state index contributed by atoms with van der Waals surface area (Å²) in [6.07, 6.45) is 4.60. The minimum Gasteiger partial charge on any atom is -0.448 e. The molecule has 2 aromatic carbocycles. The Morgan fingerprint density at radius 1 is 1.17 bits per heavy atom. The fourth-order valence-electron chi connectivity index (χ4n) is 3.73. The Kier molecular flexibility index (Phi) is 5.99. The van der Waals surface area contributed by atoms with Gasteiger partial charge in [0.25, 0.3) is 5.91 Å². The number of carbonyl (C=O) groups is 1. The van der Waals surface area contributed by atoms with E-state index in [9.17, 15) is 9.90 Å². The number of para-hydroxylation sites is 2. The number of fused-ring (bicyclic) bond motifs is 1. The van der Waals surface area contributed by atoms with E-state index in [1.54, 1.807) is 18.3 Å². The summed E-state index contributed by atoms with van der Waals surface area (Å²) in [4.78, 5) is 14.8. The van der Waals surface area contributed by atoms with Crippen molar-refractivity contribution >= 4 is 34.8 Å². The van der Waals surface area contributed by atoms with Gasteiger partial charge in [-0.1, -0.05) is 54.2 Å². The first-order chi connectivity index (χ1) is 14.0. The van der Waals surface area contributed by atoms with Gasteiger partial charge in [-0.3, -0.25) is 4.79 Å². The predicted octanol–water partition coefficient (Wildman–Crippen LogP) is 4.65. The van der Waals surface area contributed by atoms with Crippen molar-refractivity contribution in [2.45, 2.75) is 44.4 Å². The normalized spacial score (nSPS) is 21.1. The minimum absolute atomic E-state index is 0.187. The third-order valence-electron chi connectivity index (χ3n) is 5.29. The molecule has 0 saturated heterocycles. The number of rotatable bonds is 4. The molecule has 1 saturated carbocycles. The topological polar surface area (TPSA) is 61.8 Å². The van der Waals surface area contributed by atoms with Gasteiger partial charge < -0.3 is 20.1 Å². The molecule has 0 unspecified atom stereocenters. The molecule has 2 N–H and O–H groups in total. The molecule has 29 heavy (non-hydrogen) atoms. The Morgan fingerprint density at radius 3 is 2.76 bits per heavy atom. The number of benzene rings is 2. The molecule has 7 heteroatoms. The van der Waals surface area contributed by atoms with Crippen molar-refractivity contribution in [1.29, 1.82) is 0 Å². The van der Waals surface area contributed by atoms with Crippen LogP contribution in [0.2, 0.25) is 10.0 Å². The molecule has 1 fully saturated rings. The van der Waals surface area contributed by atoms with Crippen molar-refractivity contribution in [3.8, 4) is 5.75 Å². The van der Waals surface area contributed by atoms with Crippen LogP contribution in [0.25, 0.3) is 0 Å². The number of hydrogen-bond acceptors (Lipinski definition) is 4. The zero-order valence-electron chi connectivity index (χ0n) is 15.8. The van der Waals surface area contributed by atoms with Gasteiger partial charge in [0.1, 0.15) is 0 Å². The third kappa shape index (κ3) is 4.53. The summed E-state index contributed by atoms with van der Waals surface area (Å²) in [6.45, 7) is 0.458. The number of nitrogens with zero attached hydrogens (tertiary/aromatic N) is 1. The van der Waals surface area contributed by atoms with E-state index in [4.69, 9.17) is 27.9 Å². The highest BCUT2D eigenvalue weighted by molar-refractivity contribution is 6.35. The Bertz CT molecular complexity index is 947. The fourth-order valence-corrected chi connectivity index (χ4v) is 4.19. The van der Waals surface area contributed by atoms with E-state index in [-0.39, 0.29) is 17.7 Å². The lowest BCUT2D eigenvalue weighted by molar-refractivity contribution is -0.121. The summed E-state index contributed by atoms with van der Waals surface area (Å²) < 4.78 is 5.86. The summed E-state index contributed by atoms with van der Waals surface area (Å²) in [7, 11) is 0. The first-order valence-electron chi connectivity index (χ1n) is 9.69. The average molecular weight is 433 g/mol. The molecular weight excluding hydrogens is 411 g/mol. The third-order valence-corrected chi connectivity index (χ3v) is 5.88. The molecule has 2 aliphatic rings. The standard InChI is InChI=1S/C22H22Cl2N2O3/c23-15-10-9-14(16(24)11-15)12-26-13-21(29-20-8-4-2-6-18(20)26)22(28)25-17-5-1-3-7-19(17)27/h2,4,6,8-11,13,17,19,27H,1,3,5,7,12H2,(H,25,28)/t17-,19-/m0/s1. The zero-order valence-corrected chi connectivity index (χ0v) is 17.3. The Morgan fingerprint density at radius 2 is 1.97 bits per heavy atom. The van der Waals surface area contributed by atoms with Crippen molar-refractivity contribution in [3.05, 3.63) is 70.0 Å². The number of amides is 1. The maximum absolute atomic E-state index is 12.8.